The Balaban J connectivity index is 2.38. The van der Waals surface area contributed by atoms with Crippen LogP contribution < -0.4 is 5.73 Å². The average Bonchev–Trinajstić information content (AvgIpc) is 3.23. The quantitative estimate of drug-likeness (QED) is 0.756. The molecule has 0 unspecified atom stereocenters. The first-order chi connectivity index (χ1) is 9.87. The molecule has 0 atom stereocenters. The predicted molar refractivity (Wildman–Crippen MR) is 75.0 cm³/mol. The van der Waals surface area contributed by atoms with Gasteiger partial charge >= 0.3 is 5.97 Å². The molecule has 1 fully saturated rings. The zero-order chi connectivity index (χ0) is 15.6. The summed E-state index contributed by atoms with van der Waals surface area (Å²) in [5.74, 6) is -1.17. The van der Waals surface area contributed by atoms with Gasteiger partial charge in [-0.1, -0.05) is 0 Å². The van der Waals surface area contributed by atoms with Gasteiger partial charge in [-0.3, -0.25) is 0 Å². The maximum absolute atomic E-state index is 12.6. The first kappa shape index (κ1) is 15.3. The molecule has 3 N–H and O–H groups in total. The summed E-state index contributed by atoms with van der Waals surface area (Å²) in [6, 6.07) is 5.38. The lowest BCUT2D eigenvalue weighted by atomic mass is 10.2. The van der Waals surface area contributed by atoms with Gasteiger partial charge in [0.1, 0.15) is 4.90 Å². The van der Waals surface area contributed by atoms with E-state index in [4.69, 9.17) is 16.1 Å². The Morgan fingerprint density at radius 2 is 2.14 bits per heavy atom. The number of nitrogens with two attached hydrogens (primary N) is 1. The minimum Gasteiger partial charge on any atom is -0.478 e. The van der Waals surface area contributed by atoms with E-state index in [1.807, 2.05) is 6.07 Å². The van der Waals surface area contributed by atoms with Crippen LogP contribution in [0.25, 0.3) is 0 Å². The Morgan fingerprint density at radius 3 is 2.62 bits per heavy atom. The van der Waals surface area contributed by atoms with Crippen LogP contribution in [-0.4, -0.2) is 36.4 Å². The van der Waals surface area contributed by atoms with Gasteiger partial charge < -0.3 is 10.8 Å². The molecule has 0 heterocycles. The van der Waals surface area contributed by atoms with Crippen molar-refractivity contribution in [2.75, 3.05) is 12.3 Å². The number of sulfonamides is 1. The molecule has 1 aliphatic rings. The third-order valence-electron chi connectivity index (χ3n) is 3.24. The molecule has 0 amide bonds. The van der Waals surface area contributed by atoms with Crippen molar-refractivity contribution in [3.63, 3.8) is 0 Å². The fraction of sp³-hybridized carbons (Fsp3) is 0.385. The summed E-state index contributed by atoms with van der Waals surface area (Å²) in [5, 5.41) is 17.5. The van der Waals surface area contributed by atoms with Crippen molar-refractivity contribution in [1.29, 1.82) is 5.26 Å². The molecule has 1 aliphatic carbocycles. The summed E-state index contributed by atoms with van der Waals surface area (Å²) >= 11 is 0. The second-order valence-corrected chi connectivity index (χ2v) is 6.67. The first-order valence-electron chi connectivity index (χ1n) is 6.39. The fourth-order valence-electron chi connectivity index (χ4n) is 2.06. The van der Waals surface area contributed by atoms with E-state index in [1.54, 1.807) is 0 Å². The lowest BCUT2D eigenvalue weighted by Crippen LogP contribution is -2.34. The second-order valence-electron chi connectivity index (χ2n) is 4.81. The first-order valence-corrected chi connectivity index (χ1v) is 7.83. The van der Waals surface area contributed by atoms with Crippen molar-refractivity contribution in [3.8, 4) is 6.07 Å². The number of anilines is 1. The van der Waals surface area contributed by atoms with Gasteiger partial charge in [-0.05, 0) is 31.0 Å². The number of nitriles is 1. The van der Waals surface area contributed by atoms with Crippen molar-refractivity contribution in [3.05, 3.63) is 23.8 Å². The molecule has 0 bridgehead atoms. The maximum Gasteiger partial charge on any atom is 0.335 e. The van der Waals surface area contributed by atoms with E-state index >= 15 is 0 Å². The molecule has 7 nitrogen and oxygen atoms in total. The average molecular weight is 309 g/mol. The van der Waals surface area contributed by atoms with Gasteiger partial charge in [0.25, 0.3) is 0 Å². The van der Waals surface area contributed by atoms with E-state index < -0.39 is 16.0 Å². The number of carboxylic acid groups (broad SMARTS) is 1. The molecule has 0 spiro atoms. The van der Waals surface area contributed by atoms with Gasteiger partial charge in [-0.2, -0.15) is 9.57 Å². The zero-order valence-corrected chi connectivity index (χ0v) is 12.0. The highest BCUT2D eigenvalue weighted by Crippen LogP contribution is 2.34. The molecule has 1 aromatic carbocycles. The highest BCUT2D eigenvalue weighted by atomic mass is 32.2. The summed E-state index contributed by atoms with van der Waals surface area (Å²) in [6.45, 7) is 0.115. The van der Waals surface area contributed by atoms with Crippen molar-refractivity contribution in [2.24, 2.45) is 0 Å². The van der Waals surface area contributed by atoms with Crippen LogP contribution >= 0.6 is 0 Å². The standard InChI is InChI=1S/C13H15N3O4S/c14-6-1-7-16(10-3-4-10)21(19,20)12-5-2-9(13(17)18)8-11(12)15/h2,5,8,10H,1,3-4,7,15H2,(H,17,18). The minimum atomic E-state index is -3.82. The lowest BCUT2D eigenvalue weighted by Gasteiger charge is -2.21. The van der Waals surface area contributed by atoms with Gasteiger partial charge in [0.15, 0.2) is 0 Å². The Bertz CT molecular complexity index is 705. The van der Waals surface area contributed by atoms with Gasteiger partial charge in [0, 0.05) is 19.0 Å². The zero-order valence-electron chi connectivity index (χ0n) is 11.2. The van der Waals surface area contributed by atoms with Crippen molar-refractivity contribution < 1.29 is 18.3 Å². The van der Waals surface area contributed by atoms with E-state index in [-0.39, 0.29) is 35.2 Å². The van der Waals surface area contributed by atoms with Crippen LogP contribution in [0.15, 0.2) is 23.1 Å². The van der Waals surface area contributed by atoms with Crippen molar-refractivity contribution in [1.82, 2.24) is 4.31 Å². The summed E-state index contributed by atoms with van der Waals surface area (Å²) in [5.41, 5.74) is 5.53. The number of nitrogens with zero attached hydrogens (tertiary/aromatic N) is 2. The number of nitrogen functional groups attached to an aromatic ring is 1. The number of aromatic carboxylic acids is 1. The number of carboxylic acids is 1. The van der Waals surface area contributed by atoms with E-state index in [9.17, 15) is 13.2 Å². The van der Waals surface area contributed by atoms with E-state index in [1.165, 1.54) is 16.4 Å². The molecular weight excluding hydrogens is 294 g/mol. The van der Waals surface area contributed by atoms with Crippen LogP contribution in [-0.2, 0) is 10.0 Å². The van der Waals surface area contributed by atoms with E-state index in [2.05, 4.69) is 0 Å². The molecule has 21 heavy (non-hydrogen) atoms. The normalized spacial score (nSPS) is 14.9. The topological polar surface area (TPSA) is 124 Å². The number of benzene rings is 1. The maximum atomic E-state index is 12.6. The summed E-state index contributed by atoms with van der Waals surface area (Å²) in [7, 11) is -3.82. The molecule has 8 heteroatoms. The molecular formula is C13H15N3O4S. The Morgan fingerprint density at radius 1 is 1.48 bits per heavy atom. The van der Waals surface area contributed by atoms with Crippen LogP contribution in [0.2, 0.25) is 0 Å². The third-order valence-corrected chi connectivity index (χ3v) is 5.27. The molecule has 0 aliphatic heterocycles. The van der Waals surface area contributed by atoms with E-state index in [0.717, 1.165) is 18.9 Å². The lowest BCUT2D eigenvalue weighted by molar-refractivity contribution is 0.0697. The third kappa shape index (κ3) is 3.15. The second kappa shape index (κ2) is 5.71. The Labute approximate surface area is 122 Å². The molecule has 0 aromatic heterocycles. The highest BCUT2D eigenvalue weighted by molar-refractivity contribution is 7.89. The van der Waals surface area contributed by atoms with Crippen LogP contribution in [0.4, 0.5) is 5.69 Å². The molecule has 0 saturated heterocycles. The minimum absolute atomic E-state index is 0.0681. The van der Waals surface area contributed by atoms with Gasteiger partial charge in [-0.15, -0.1) is 0 Å². The molecule has 1 aromatic rings. The largest absolute Gasteiger partial charge is 0.478 e. The fourth-order valence-corrected chi connectivity index (χ4v) is 3.85. The molecule has 2 rings (SSSR count). The van der Waals surface area contributed by atoms with Crippen LogP contribution in [0, 0.1) is 11.3 Å². The highest BCUT2D eigenvalue weighted by Gasteiger charge is 2.38. The van der Waals surface area contributed by atoms with Gasteiger partial charge in [0.05, 0.1) is 17.3 Å². The number of hydrogen-bond acceptors (Lipinski definition) is 5. The van der Waals surface area contributed by atoms with Crippen LogP contribution in [0.3, 0.4) is 0 Å². The van der Waals surface area contributed by atoms with Crippen LogP contribution in [0.1, 0.15) is 29.6 Å². The van der Waals surface area contributed by atoms with Crippen molar-refractivity contribution in [2.45, 2.75) is 30.2 Å². The Kier molecular flexibility index (Phi) is 4.16. The molecule has 0 radical (unpaired) electrons. The van der Waals surface area contributed by atoms with Crippen LogP contribution in [0.5, 0.6) is 0 Å². The van der Waals surface area contributed by atoms with Crippen molar-refractivity contribution >= 4 is 21.7 Å². The van der Waals surface area contributed by atoms with Gasteiger partial charge in [0.2, 0.25) is 10.0 Å². The van der Waals surface area contributed by atoms with E-state index in [0.29, 0.717) is 0 Å². The summed E-state index contributed by atoms with van der Waals surface area (Å²) in [6.07, 6.45) is 1.62. The smallest absolute Gasteiger partial charge is 0.335 e. The summed E-state index contributed by atoms with van der Waals surface area (Å²) < 4.78 is 26.5. The molecule has 112 valence electrons. The monoisotopic (exact) mass is 309 g/mol. The Hall–Kier alpha value is -2.11. The SMILES string of the molecule is N#CCCN(C1CC1)S(=O)(=O)c1ccc(C(=O)O)cc1N. The molecule has 1 saturated carbocycles. The number of hydrogen-bond donors (Lipinski definition) is 2. The predicted octanol–water partition coefficient (Wildman–Crippen LogP) is 1.03. The number of carbonyl (C=O) groups is 1. The summed E-state index contributed by atoms with van der Waals surface area (Å²) in [4.78, 5) is 10.7. The van der Waals surface area contributed by atoms with Gasteiger partial charge in [-0.25, -0.2) is 13.2 Å². The number of rotatable bonds is 6.